The molecule has 0 amide bonds. The van der Waals surface area contributed by atoms with Gasteiger partial charge in [-0.3, -0.25) is 9.55 Å². The molecule has 0 N–H and O–H groups in total. The molecule has 0 aromatic carbocycles. The van der Waals surface area contributed by atoms with Crippen LogP contribution < -0.4 is 10.4 Å². The second kappa shape index (κ2) is 2.57. The maximum absolute atomic E-state index is 5.50. The first-order valence-corrected chi connectivity index (χ1v) is 4.34. The topological polar surface area (TPSA) is 52.8 Å². The van der Waals surface area contributed by atoms with E-state index in [2.05, 4.69) is 15.2 Å². The minimum atomic E-state index is 0.470. The van der Waals surface area contributed by atoms with E-state index in [4.69, 9.17) is 4.65 Å². The fourth-order valence-electron chi connectivity index (χ4n) is 1.62. The van der Waals surface area contributed by atoms with Crippen LogP contribution in [0.1, 0.15) is 5.82 Å². The number of hydrogen-bond acceptors (Lipinski definition) is 4. The summed E-state index contributed by atoms with van der Waals surface area (Å²) >= 11 is 0. The summed E-state index contributed by atoms with van der Waals surface area (Å²) in [5, 5.41) is 8.02. The fraction of sp³-hybridized carbons (Fsp3) is 0.125. The lowest BCUT2D eigenvalue weighted by Gasteiger charge is -2.18. The van der Waals surface area contributed by atoms with E-state index >= 15 is 0 Å². The molecule has 0 unspecified atom stereocenters. The van der Waals surface area contributed by atoms with E-state index in [-0.39, 0.29) is 0 Å². The number of hydrogen-bond donors (Lipinski definition) is 0. The van der Waals surface area contributed by atoms with E-state index in [0.717, 1.165) is 23.0 Å². The zero-order chi connectivity index (χ0) is 9.54. The fourth-order valence-corrected chi connectivity index (χ4v) is 1.62. The van der Waals surface area contributed by atoms with E-state index in [1.54, 1.807) is 12.4 Å². The number of fused-ring (bicyclic) bond motifs is 3. The lowest BCUT2D eigenvalue weighted by Crippen LogP contribution is -2.34. The average Bonchev–Trinajstić information content (AvgIpc) is 2.61. The van der Waals surface area contributed by atoms with Crippen LogP contribution in [0, 0.1) is 6.92 Å². The Balaban J connectivity index is 2.32. The highest BCUT2D eigenvalue weighted by Gasteiger charge is 2.21. The summed E-state index contributed by atoms with van der Waals surface area (Å²) in [6, 6.07) is 1.84. The molecule has 0 aliphatic carbocycles. The predicted octanol–water partition coefficient (Wildman–Crippen LogP) is -0.660. The number of rotatable bonds is 0. The molecule has 0 spiro atoms. The first-order chi connectivity index (χ1) is 6.86. The Hall–Kier alpha value is -1.85. The molecule has 3 heterocycles. The maximum atomic E-state index is 5.50. The van der Waals surface area contributed by atoms with Crippen molar-refractivity contribution >= 4 is 13.2 Å². The Morgan fingerprint density at radius 3 is 3.29 bits per heavy atom. The van der Waals surface area contributed by atoms with Crippen molar-refractivity contribution in [3.63, 3.8) is 0 Å². The summed E-state index contributed by atoms with van der Waals surface area (Å²) < 4.78 is 7.46. The lowest BCUT2D eigenvalue weighted by atomic mass is 9.98. The van der Waals surface area contributed by atoms with Crippen molar-refractivity contribution in [2.75, 3.05) is 0 Å². The molecule has 1 aliphatic heterocycles. The normalized spacial score (nSPS) is 12.4. The van der Waals surface area contributed by atoms with Crippen molar-refractivity contribution in [2.24, 2.45) is 0 Å². The van der Waals surface area contributed by atoms with E-state index < -0.39 is 0 Å². The van der Waals surface area contributed by atoms with Gasteiger partial charge in [-0.05, 0) is 13.0 Å². The van der Waals surface area contributed by atoms with Gasteiger partial charge in [0.1, 0.15) is 23.0 Å². The molecule has 5 nitrogen and oxygen atoms in total. The Morgan fingerprint density at radius 2 is 2.36 bits per heavy atom. The SMILES string of the molecule is Cc1nnc2n1-c1cnccc1OB2. The van der Waals surface area contributed by atoms with Crippen LogP contribution in [0.5, 0.6) is 5.75 Å². The molecule has 2 aromatic rings. The van der Waals surface area contributed by atoms with Crippen molar-refractivity contribution < 1.29 is 4.65 Å². The number of aromatic nitrogens is 4. The van der Waals surface area contributed by atoms with Gasteiger partial charge in [-0.2, -0.15) is 0 Å². The van der Waals surface area contributed by atoms with Crippen molar-refractivity contribution in [3.8, 4) is 11.4 Å². The molecule has 1 aliphatic rings. The Labute approximate surface area is 81.0 Å². The molecule has 14 heavy (non-hydrogen) atoms. The molecule has 3 rings (SSSR count). The highest BCUT2D eigenvalue weighted by molar-refractivity contribution is 6.46. The third-order valence-corrected chi connectivity index (χ3v) is 2.25. The lowest BCUT2D eigenvalue weighted by molar-refractivity contribution is 0.583. The van der Waals surface area contributed by atoms with Gasteiger partial charge in [0, 0.05) is 6.20 Å². The van der Waals surface area contributed by atoms with Crippen molar-refractivity contribution in [2.45, 2.75) is 6.92 Å². The standard InChI is InChI=1S/C8H7BN4O/c1-5-11-12-8-9-14-7-2-3-10-4-6(7)13(5)8/h2-4,9H,1H3. The van der Waals surface area contributed by atoms with Gasteiger partial charge in [0.05, 0.1) is 6.20 Å². The Morgan fingerprint density at radius 1 is 1.43 bits per heavy atom. The average molecular weight is 186 g/mol. The maximum Gasteiger partial charge on any atom is 0.414 e. The van der Waals surface area contributed by atoms with Crippen molar-refractivity contribution in [1.29, 1.82) is 0 Å². The van der Waals surface area contributed by atoms with Crippen LogP contribution in [0.15, 0.2) is 18.5 Å². The van der Waals surface area contributed by atoms with Crippen LogP contribution >= 0.6 is 0 Å². The summed E-state index contributed by atoms with van der Waals surface area (Å²) in [7, 11) is 0.470. The number of aryl methyl sites for hydroxylation is 1. The van der Waals surface area contributed by atoms with E-state index in [1.807, 2.05) is 17.6 Å². The molecule has 0 saturated carbocycles. The molecular weight excluding hydrogens is 179 g/mol. The quantitative estimate of drug-likeness (QED) is 0.512. The van der Waals surface area contributed by atoms with Gasteiger partial charge in [-0.25, -0.2) is 0 Å². The molecular formula is C8H7BN4O. The van der Waals surface area contributed by atoms with Gasteiger partial charge in [0.25, 0.3) is 0 Å². The highest BCUT2D eigenvalue weighted by atomic mass is 16.4. The second-order valence-electron chi connectivity index (χ2n) is 3.13. The van der Waals surface area contributed by atoms with Gasteiger partial charge in [-0.1, -0.05) is 0 Å². The molecule has 6 heteroatoms. The molecule has 0 radical (unpaired) electrons. The molecule has 68 valence electrons. The summed E-state index contributed by atoms with van der Waals surface area (Å²) in [6.45, 7) is 1.92. The van der Waals surface area contributed by atoms with Gasteiger partial charge >= 0.3 is 7.48 Å². The molecule has 0 atom stereocenters. The molecule has 2 aromatic heterocycles. The van der Waals surface area contributed by atoms with Crippen molar-refractivity contribution in [1.82, 2.24) is 19.7 Å². The van der Waals surface area contributed by atoms with E-state index in [9.17, 15) is 0 Å². The summed E-state index contributed by atoms with van der Waals surface area (Å²) in [4.78, 5) is 4.06. The molecule has 0 fully saturated rings. The van der Waals surface area contributed by atoms with E-state index in [1.165, 1.54) is 0 Å². The van der Waals surface area contributed by atoms with Crippen LogP contribution in [-0.2, 0) is 0 Å². The minimum absolute atomic E-state index is 0.470. The van der Waals surface area contributed by atoms with Gasteiger partial charge in [0.15, 0.2) is 0 Å². The minimum Gasteiger partial charge on any atom is -0.554 e. The summed E-state index contributed by atoms with van der Waals surface area (Å²) in [6.07, 6.45) is 3.47. The zero-order valence-electron chi connectivity index (χ0n) is 7.64. The monoisotopic (exact) mass is 186 g/mol. The van der Waals surface area contributed by atoms with Gasteiger partial charge in [-0.15, -0.1) is 10.2 Å². The van der Waals surface area contributed by atoms with Gasteiger partial charge in [0.2, 0.25) is 0 Å². The van der Waals surface area contributed by atoms with Crippen LogP contribution in [0.4, 0.5) is 0 Å². The number of nitrogens with zero attached hydrogens (tertiary/aromatic N) is 4. The largest absolute Gasteiger partial charge is 0.554 e. The molecule has 0 bridgehead atoms. The second-order valence-corrected chi connectivity index (χ2v) is 3.13. The van der Waals surface area contributed by atoms with Gasteiger partial charge < -0.3 is 4.65 Å². The van der Waals surface area contributed by atoms with Crippen LogP contribution in [0.3, 0.4) is 0 Å². The third kappa shape index (κ3) is 0.877. The summed E-state index contributed by atoms with van der Waals surface area (Å²) in [5.41, 5.74) is 1.74. The van der Waals surface area contributed by atoms with E-state index in [0.29, 0.717) is 7.48 Å². The Bertz CT molecular complexity index is 496. The van der Waals surface area contributed by atoms with Crippen LogP contribution in [0.25, 0.3) is 5.69 Å². The zero-order valence-corrected chi connectivity index (χ0v) is 7.64. The van der Waals surface area contributed by atoms with Crippen LogP contribution in [0.2, 0.25) is 0 Å². The highest BCUT2D eigenvalue weighted by Crippen LogP contribution is 2.23. The number of pyridine rings is 1. The molecule has 0 saturated heterocycles. The van der Waals surface area contributed by atoms with Crippen molar-refractivity contribution in [3.05, 3.63) is 24.3 Å². The Kier molecular flexibility index (Phi) is 1.39. The van der Waals surface area contributed by atoms with Crippen LogP contribution in [-0.4, -0.2) is 27.2 Å². The third-order valence-electron chi connectivity index (χ3n) is 2.25. The smallest absolute Gasteiger partial charge is 0.414 e. The predicted molar refractivity (Wildman–Crippen MR) is 51.3 cm³/mol. The summed E-state index contributed by atoms with van der Waals surface area (Å²) in [5.74, 6) is 1.69. The first kappa shape index (κ1) is 7.55. The first-order valence-electron chi connectivity index (χ1n) is 4.34.